The standard InChI is InChI=1S/C14H20BrN3/c1-10-17-12-7-11(5-6-13(12)18(10)4)14(2,3)8-16-9-15/h5-7,16H,8-9H2,1-4H3. The van der Waals surface area contributed by atoms with Gasteiger partial charge in [-0.05, 0) is 24.6 Å². The topological polar surface area (TPSA) is 29.9 Å². The molecule has 0 unspecified atom stereocenters. The zero-order valence-electron chi connectivity index (χ0n) is 11.4. The summed E-state index contributed by atoms with van der Waals surface area (Å²) in [5.41, 5.74) is 4.52. The average Bonchev–Trinajstić information content (AvgIpc) is 2.62. The van der Waals surface area contributed by atoms with Gasteiger partial charge in [-0.15, -0.1) is 0 Å². The summed E-state index contributed by atoms with van der Waals surface area (Å²) in [7, 11) is 2.06. The summed E-state index contributed by atoms with van der Waals surface area (Å²) >= 11 is 3.40. The lowest BCUT2D eigenvalue weighted by Gasteiger charge is -2.25. The lowest BCUT2D eigenvalue weighted by molar-refractivity contribution is 0.491. The monoisotopic (exact) mass is 309 g/mol. The molecule has 18 heavy (non-hydrogen) atoms. The minimum atomic E-state index is 0.105. The molecule has 2 aromatic rings. The maximum Gasteiger partial charge on any atom is 0.106 e. The molecule has 1 aromatic carbocycles. The van der Waals surface area contributed by atoms with Crippen LogP contribution in [-0.2, 0) is 12.5 Å². The van der Waals surface area contributed by atoms with Crippen molar-refractivity contribution in [3.63, 3.8) is 0 Å². The van der Waals surface area contributed by atoms with Crippen molar-refractivity contribution in [1.29, 1.82) is 0 Å². The second-order valence-electron chi connectivity index (χ2n) is 5.37. The number of nitrogens with zero attached hydrogens (tertiary/aromatic N) is 2. The van der Waals surface area contributed by atoms with Gasteiger partial charge in [0.25, 0.3) is 0 Å². The van der Waals surface area contributed by atoms with Crippen molar-refractivity contribution in [2.45, 2.75) is 26.2 Å². The maximum atomic E-state index is 4.60. The number of aromatic nitrogens is 2. The molecule has 0 aliphatic carbocycles. The summed E-state index contributed by atoms with van der Waals surface area (Å²) < 4.78 is 2.13. The first-order valence-corrected chi connectivity index (χ1v) is 7.28. The molecule has 0 bridgehead atoms. The van der Waals surface area contributed by atoms with E-state index in [-0.39, 0.29) is 5.41 Å². The minimum absolute atomic E-state index is 0.105. The Hall–Kier alpha value is -0.870. The first-order valence-electron chi connectivity index (χ1n) is 6.16. The Morgan fingerprint density at radius 3 is 2.78 bits per heavy atom. The summed E-state index contributed by atoms with van der Waals surface area (Å²) in [4.78, 5) is 4.60. The maximum absolute atomic E-state index is 4.60. The van der Waals surface area contributed by atoms with Crippen LogP contribution in [0.1, 0.15) is 25.2 Å². The summed E-state index contributed by atoms with van der Waals surface area (Å²) in [6.07, 6.45) is 0. The van der Waals surface area contributed by atoms with Crippen LogP contribution in [0.25, 0.3) is 11.0 Å². The highest BCUT2D eigenvalue weighted by molar-refractivity contribution is 9.09. The smallest absolute Gasteiger partial charge is 0.106 e. The number of nitrogens with one attached hydrogen (secondary N) is 1. The minimum Gasteiger partial charge on any atom is -0.331 e. The van der Waals surface area contributed by atoms with E-state index in [1.54, 1.807) is 0 Å². The number of hydrogen-bond acceptors (Lipinski definition) is 2. The van der Waals surface area contributed by atoms with E-state index in [0.717, 1.165) is 23.3 Å². The normalized spacial score (nSPS) is 12.3. The number of rotatable bonds is 4. The van der Waals surface area contributed by atoms with E-state index in [2.05, 4.69) is 69.9 Å². The summed E-state index contributed by atoms with van der Waals surface area (Å²) in [6, 6.07) is 6.58. The quantitative estimate of drug-likeness (QED) is 0.695. The number of imidazole rings is 1. The van der Waals surface area contributed by atoms with Gasteiger partial charge in [-0.25, -0.2) is 4.98 Å². The third-order valence-electron chi connectivity index (χ3n) is 3.55. The second kappa shape index (κ2) is 5.02. The number of hydrogen-bond donors (Lipinski definition) is 1. The lowest BCUT2D eigenvalue weighted by Crippen LogP contribution is -2.32. The number of alkyl halides is 1. The molecule has 0 aliphatic heterocycles. The van der Waals surface area contributed by atoms with E-state index < -0.39 is 0 Å². The largest absolute Gasteiger partial charge is 0.331 e. The highest BCUT2D eigenvalue weighted by Gasteiger charge is 2.21. The Kier molecular flexibility index (Phi) is 3.78. The van der Waals surface area contributed by atoms with Crippen LogP contribution in [0.15, 0.2) is 18.2 Å². The molecular formula is C14H20BrN3. The molecule has 0 aliphatic rings. The summed E-state index contributed by atoms with van der Waals surface area (Å²) in [5, 5.41) is 3.34. The van der Waals surface area contributed by atoms with Gasteiger partial charge in [0.05, 0.1) is 16.5 Å². The van der Waals surface area contributed by atoms with Crippen molar-refractivity contribution in [2.75, 3.05) is 12.0 Å². The Labute approximate surface area is 117 Å². The van der Waals surface area contributed by atoms with Gasteiger partial charge in [0.1, 0.15) is 5.82 Å². The van der Waals surface area contributed by atoms with Crippen LogP contribution in [0.3, 0.4) is 0 Å². The summed E-state index contributed by atoms with van der Waals surface area (Å²) in [5.74, 6) is 1.05. The van der Waals surface area contributed by atoms with Gasteiger partial charge in [0.15, 0.2) is 0 Å². The predicted octanol–water partition coefficient (Wildman–Crippen LogP) is 3.10. The first-order chi connectivity index (χ1) is 8.45. The highest BCUT2D eigenvalue weighted by atomic mass is 79.9. The molecule has 2 rings (SSSR count). The van der Waals surface area contributed by atoms with Gasteiger partial charge in [-0.3, -0.25) is 0 Å². The van der Waals surface area contributed by atoms with Crippen LogP contribution in [0.2, 0.25) is 0 Å². The van der Waals surface area contributed by atoms with E-state index >= 15 is 0 Å². The fraction of sp³-hybridized carbons (Fsp3) is 0.500. The molecule has 98 valence electrons. The molecule has 3 nitrogen and oxygen atoms in total. The number of benzene rings is 1. The van der Waals surface area contributed by atoms with Crippen molar-refractivity contribution < 1.29 is 0 Å². The van der Waals surface area contributed by atoms with Gasteiger partial charge in [0, 0.05) is 19.0 Å². The molecule has 1 aromatic heterocycles. The van der Waals surface area contributed by atoms with Gasteiger partial charge in [0.2, 0.25) is 0 Å². The Morgan fingerprint density at radius 1 is 1.39 bits per heavy atom. The van der Waals surface area contributed by atoms with Gasteiger partial charge >= 0.3 is 0 Å². The van der Waals surface area contributed by atoms with Crippen LogP contribution < -0.4 is 5.32 Å². The van der Waals surface area contributed by atoms with Crippen molar-refractivity contribution in [2.24, 2.45) is 7.05 Å². The van der Waals surface area contributed by atoms with Gasteiger partial charge < -0.3 is 9.88 Å². The van der Waals surface area contributed by atoms with Crippen molar-refractivity contribution in [3.8, 4) is 0 Å². The van der Waals surface area contributed by atoms with Crippen LogP contribution in [0, 0.1) is 6.92 Å². The molecule has 0 radical (unpaired) electrons. The van der Waals surface area contributed by atoms with E-state index in [1.165, 1.54) is 11.1 Å². The Bertz CT molecular complexity index is 557. The van der Waals surface area contributed by atoms with E-state index in [1.807, 2.05) is 6.92 Å². The molecule has 0 fully saturated rings. The predicted molar refractivity (Wildman–Crippen MR) is 80.3 cm³/mol. The van der Waals surface area contributed by atoms with Crippen molar-refractivity contribution in [1.82, 2.24) is 14.9 Å². The fourth-order valence-electron chi connectivity index (χ4n) is 2.20. The number of halogens is 1. The van der Waals surface area contributed by atoms with E-state index in [9.17, 15) is 0 Å². The molecule has 1 heterocycles. The highest BCUT2D eigenvalue weighted by Crippen LogP contribution is 2.26. The molecular weight excluding hydrogens is 290 g/mol. The second-order valence-corrected chi connectivity index (χ2v) is 5.93. The zero-order valence-corrected chi connectivity index (χ0v) is 13.0. The third kappa shape index (κ3) is 2.45. The van der Waals surface area contributed by atoms with E-state index in [0.29, 0.717) is 0 Å². The number of fused-ring (bicyclic) bond motifs is 1. The lowest BCUT2D eigenvalue weighted by atomic mass is 9.84. The SMILES string of the molecule is Cc1nc2cc(C(C)(C)CNCBr)ccc2n1C. The van der Waals surface area contributed by atoms with Crippen molar-refractivity contribution >= 4 is 27.0 Å². The molecule has 4 heteroatoms. The average molecular weight is 310 g/mol. The van der Waals surface area contributed by atoms with Crippen LogP contribution in [-0.4, -0.2) is 21.5 Å². The van der Waals surface area contributed by atoms with Crippen LogP contribution in [0.5, 0.6) is 0 Å². The molecule has 0 saturated carbocycles. The van der Waals surface area contributed by atoms with Gasteiger partial charge in [-0.1, -0.05) is 35.8 Å². The molecule has 0 atom stereocenters. The summed E-state index contributed by atoms with van der Waals surface area (Å²) in [6.45, 7) is 7.48. The third-order valence-corrected chi connectivity index (χ3v) is 3.94. The fourth-order valence-corrected chi connectivity index (χ4v) is 2.40. The molecule has 0 saturated heterocycles. The molecule has 0 amide bonds. The Morgan fingerprint density at radius 2 is 2.11 bits per heavy atom. The van der Waals surface area contributed by atoms with Gasteiger partial charge in [-0.2, -0.15) is 0 Å². The van der Waals surface area contributed by atoms with Crippen molar-refractivity contribution in [3.05, 3.63) is 29.6 Å². The number of aryl methyl sites for hydroxylation is 2. The first kappa shape index (κ1) is 13.6. The zero-order chi connectivity index (χ0) is 13.3. The van der Waals surface area contributed by atoms with Crippen LogP contribution in [0.4, 0.5) is 0 Å². The molecule has 0 spiro atoms. The van der Waals surface area contributed by atoms with Crippen LogP contribution >= 0.6 is 15.9 Å². The molecule has 1 N–H and O–H groups in total. The van der Waals surface area contributed by atoms with E-state index in [4.69, 9.17) is 0 Å². The Balaban J connectivity index is 2.40.